The molecule has 0 aliphatic rings. The van der Waals surface area contributed by atoms with Crippen LogP contribution in [0.4, 0.5) is 0 Å². The summed E-state index contributed by atoms with van der Waals surface area (Å²) in [6, 6.07) is 1.57. The van der Waals surface area contributed by atoms with Gasteiger partial charge in [0.1, 0.15) is 0 Å². The van der Waals surface area contributed by atoms with Crippen LogP contribution in [0, 0.1) is 0 Å². The molecule has 0 aliphatic carbocycles. The Kier molecular flexibility index (Phi) is 5.07. The van der Waals surface area contributed by atoms with Gasteiger partial charge in [0.25, 0.3) is 5.91 Å². The van der Waals surface area contributed by atoms with Crippen molar-refractivity contribution in [2.75, 3.05) is 13.2 Å². The van der Waals surface area contributed by atoms with Crippen molar-refractivity contribution in [3.63, 3.8) is 0 Å². The van der Waals surface area contributed by atoms with Crippen molar-refractivity contribution in [2.24, 2.45) is 0 Å². The Morgan fingerprint density at radius 2 is 2.33 bits per heavy atom. The number of nitrogens with zero attached hydrogens (tertiary/aromatic N) is 1. The minimum absolute atomic E-state index is 0.142. The first kappa shape index (κ1) is 11.9. The van der Waals surface area contributed by atoms with Gasteiger partial charge in [-0.3, -0.25) is 9.78 Å². The summed E-state index contributed by atoms with van der Waals surface area (Å²) in [5, 5.41) is 11.6. The van der Waals surface area contributed by atoms with E-state index < -0.39 is 0 Å². The van der Waals surface area contributed by atoms with E-state index in [-0.39, 0.29) is 12.5 Å². The molecule has 0 saturated heterocycles. The minimum atomic E-state index is -0.231. The van der Waals surface area contributed by atoms with E-state index in [4.69, 9.17) is 16.7 Å². The number of hydrogen-bond acceptors (Lipinski definition) is 3. The van der Waals surface area contributed by atoms with Crippen LogP contribution in [0.2, 0.25) is 5.02 Å². The van der Waals surface area contributed by atoms with Crippen LogP contribution in [-0.4, -0.2) is 29.1 Å². The number of pyridine rings is 1. The van der Waals surface area contributed by atoms with Gasteiger partial charge in [0.05, 0.1) is 10.6 Å². The number of hydrogen-bond donors (Lipinski definition) is 2. The molecule has 5 heteroatoms. The second-order valence-corrected chi connectivity index (χ2v) is 3.45. The zero-order valence-electron chi connectivity index (χ0n) is 8.24. The molecule has 0 fully saturated rings. The number of aliphatic hydroxyl groups excluding tert-OH is 1. The van der Waals surface area contributed by atoms with E-state index in [1.807, 2.05) is 0 Å². The van der Waals surface area contributed by atoms with E-state index in [1.54, 1.807) is 6.07 Å². The molecule has 0 aliphatic heterocycles. The average Bonchev–Trinajstić information content (AvgIpc) is 2.25. The highest BCUT2D eigenvalue weighted by molar-refractivity contribution is 6.33. The molecule has 0 spiro atoms. The molecular weight excluding hydrogens is 216 g/mol. The van der Waals surface area contributed by atoms with Crippen molar-refractivity contribution in [1.29, 1.82) is 0 Å². The smallest absolute Gasteiger partial charge is 0.254 e. The van der Waals surface area contributed by atoms with Gasteiger partial charge in [-0.2, -0.15) is 0 Å². The number of carbonyl (C=O) groups excluding carboxylic acids is 1. The molecule has 0 aromatic carbocycles. The van der Waals surface area contributed by atoms with E-state index in [1.165, 1.54) is 12.4 Å². The molecule has 1 aromatic heterocycles. The maximum absolute atomic E-state index is 11.5. The molecule has 0 atom stereocenters. The average molecular weight is 229 g/mol. The summed E-state index contributed by atoms with van der Waals surface area (Å²) >= 11 is 5.82. The molecular formula is C10H13ClN2O2. The van der Waals surface area contributed by atoms with Crippen molar-refractivity contribution in [3.05, 3.63) is 29.0 Å². The molecule has 0 saturated carbocycles. The van der Waals surface area contributed by atoms with Crippen LogP contribution in [0.25, 0.3) is 0 Å². The fourth-order valence-electron chi connectivity index (χ4n) is 1.08. The Morgan fingerprint density at radius 3 is 3.00 bits per heavy atom. The zero-order chi connectivity index (χ0) is 11.1. The van der Waals surface area contributed by atoms with Crippen LogP contribution in [0.3, 0.4) is 0 Å². The van der Waals surface area contributed by atoms with Crippen molar-refractivity contribution in [2.45, 2.75) is 12.8 Å². The largest absolute Gasteiger partial charge is 0.396 e. The van der Waals surface area contributed by atoms with Crippen LogP contribution < -0.4 is 5.32 Å². The highest BCUT2D eigenvalue weighted by atomic mass is 35.5. The quantitative estimate of drug-likeness (QED) is 0.746. The zero-order valence-corrected chi connectivity index (χ0v) is 9.00. The van der Waals surface area contributed by atoms with E-state index in [0.29, 0.717) is 23.6 Å². The lowest BCUT2D eigenvalue weighted by molar-refractivity contribution is 0.0952. The minimum Gasteiger partial charge on any atom is -0.396 e. The molecule has 2 N–H and O–H groups in total. The number of unbranched alkanes of at least 4 members (excludes halogenated alkanes) is 1. The highest BCUT2D eigenvalue weighted by Crippen LogP contribution is 2.12. The van der Waals surface area contributed by atoms with Gasteiger partial charge >= 0.3 is 0 Å². The van der Waals surface area contributed by atoms with Gasteiger partial charge < -0.3 is 10.4 Å². The molecule has 1 rings (SSSR count). The van der Waals surface area contributed by atoms with Gasteiger partial charge in [-0.05, 0) is 18.9 Å². The molecule has 1 heterocycles. The van der Waals surface area contributed by atoms with Crippen molar-refractivity contribution in [3.8, 4) is 0 Å². The molecule has 1 aromatic rings. The molecule has 0 bridgehead atoms. The number of nitrogens with one attached hydrogen (secondary N) is 1. The third kappa shape index (κ3) is 3.85. The van der Waals surface area contributed by atoms with Gasteiger partial charge in [0.15, 0.2) is 0 Å². The molecule has 0 unspecified atom stereocenters. The Labute approximate surface area is 93.3 Å². The summed E-state index contributed by atoms with van der Waals surface area (Å²) in [6.45, 7) is 0.675. The fourth-order valence-corrected chi connectivity index (χ4v) is 1.27. The van der Waals surface area contributed by atoms with Gasteiger partial charge in [0, 0.05) is 25.5 Å². The van der Waals surface area contributed by atoms with Crippen molar-refractivity contribution >= 4 is 17.5 Å². The first-order chi connectivity index (χ1) is 7.25. The van der Waals surface area contributed by atoms with Crippen LogP contribution >= 0.6 is 11.6 Å². The molecule has 1 amide bonds. The number of amides is 1. The first-order valence-electron chi connectivity index (χ1n) is 4.74. The summed E-state index contributed by atoms with van der Waals surface area (Å²) in [6.07, 6.45) is 4.40. The Balaban J connectivity index is 2.44. The van der Waals surface area contributed by atoms with Crippen molar-refractivity contribution < 1.29 is 9.90 Å². The number of halogens is 1. The third-order valence-electron chi connectivity index (χ3n) is 1.88. The fraction of sp³-hybridized carbons (Fsp3) is 0.400. The molecule has 82 valence electrons. The lowest BCUT2D eigenvalue weighted by Gasteiger charge is -2.05. The van der Waals surface area contributed by atoms with Crippen molar-refractivity contribution in [1.82, 2.24) is 10.3 Å². The van der Waals surface area contributed by atoms with Crippen LogP contribution in [-0.2, 0) is 0 Å². The van der Waals surface area contributed by atoms with Gasteiger partial charge in [-0.1, -0.05) is 11.6 Å². The molecule has 0 radical (unpaired) electrons. The van der Waals surface area contributed by atoms with E-state index in [2.05, 4.69) is 10.3 Å². The SMILES string of the molecule is O=C(NCCCCO)c1cnccc1Cl. The highest BCUT2D eigenvalue weighted by Gasteiger charge is 2.08. The normalized spacial score (nSPS) is 10.0. The van der Waals surface area contributed by atoms with Gasteiger partial charge in [-0.15, -0.1) is 0 Å². The second kappa shape index (κ2) is 6.37. The number of aromatic nitrogens is 1. The summed E-state index contributed by atoms with van der Waals surface area (Å²) in [4.78, 5) is 15.4. The molecule has 15 heavy (non-hydrogen) atoms. The Bertz CT molecular complexity index is 331. The van der Waals surface area contributed by atoms with Gasteiger partial charge in [-0.25, -0.2) is 0 Å². The van der Waals surface area contributed by atoms with E-state index in [9.17, 15) is 4.79 Å². The second-order valence-electron chi connectivity index (χ2n) is 3.04. The van der Waals surface area contributed by atoms with Crippen LogP contribution in [0.1, 0.15) is 23.2 Å². The lowest BCUT2D eigenvalue weighted by Crippen LogP contribution is -2.25. The third-order valence-corrected chi connectivity index (χ3v) is 2.21. The van der Waals surface area contributed by atoms with E-state index >= 15 is 0 Å². The topological polar surface area (TPSA) is 62.2 Å². The number of aliphatic hydroxyl groups is 1. The maximum Gasteiger partial charge on any atom is 0.254 e. The summed E-state index contributed by atoms with van der Waals surface area (Å²) in [5.41, 5.74) is 0.378. The first-order valence-corrected chi connectivity index (χ1v) is 5.12. The monoisotopic (exact) mass is 228 g/mol. The van der Waals surface area contributed by atoms with Gasteiger partial charge in [0.2, 0.25) is 0 Å². The Morgan fingerprint density at radius 1 is 1.53 bits per heavy atom. The number of carbonyl (C=O) groups is 1. The lowest BCUT2D eigenvalue weighted by atomic mass is 10.2. The predicted molar refractivity (Wildman–Crippen MR) is 57.9 cm³/mol. The summed E-state index contributed by atoms with van der Waals surface area (Å²) in [5.74, 6) is -0.231. The Hall–Kier alpha value is -1.13. The standard InChI is InChI=1S/C10H13ClN2O2/c11-9-3-5-12-7-8(9)10(15)13-4-1-2-6-14/h3,5,7,14H,1-2,4,6H2,(H,13,15). The molecule has 4 nitrogen and oxygen atoms in total. The predicted octanol–water partition coefficient (Wildman–Crippen LogP) is 1.24. The maximum atomic E-state index is 11.5. The number of rotatable bonds is 5. The van der Waals surface area contributed by atoms with Crippen LogP contribution in [0.15, 0.2) is 18.5 Å². The van der Waals surface area contributed by atoms with E-state index in [0.717, 1.165) is 6.42 Å². The van der Waals surface area contributed by atoms with Crippen LogP contribution in [0.5, 0.6) is 0 Å². The summed E-state index contributed by atoms with van der Waals surface area (Å²) in [7, 11) is 0. The summed E-state index contributed by atoms with van der Waals surface area (Å²) < 4.78 is 0.